The van der Waals surface area contributed by atoms with Crippen molar-refractivity contribution in [1.82, 2.24) is 14.7 Å². The zero-order chi connectivity index (χ0) is 17.9. The summed E-state index contributed by atoms with van der Waals surface area (Å²) in [6, 6.07) is 8.44. The summed E-state index contributed by atoms with van der Waals surface area (Å²) < 4.78 is 1.99. The molecule has 1 aromatic carbocycles. The van der Waals surface area contributed by atoms with Crippen LogP contribution in [0.25, 0.3) is 4.96 Å². The molecule has 2 heterocycles. The zero-order valence-electron chi connectivity index (χ0n) is 13.8. The van der Waals surface area contributed by atoms with Crippen molar-refractivity contribution < 1.29 is 4.79 Å². The number of benzene rings is 1. The third-order valence-electron chi connectivity index (χ3n) is 4.00. The third kappa shape index (κ3) is 3.53. The van der Waals surface area contributed by atoms with Crippen molar-refractivity contribution in [2.24, 2.45) is 5.92 Å². The molecule has 4 rings (SSSR count). The van der Waals surface area contributed by atoms with Gasteiger partial charge in [0, 0.05) is 17.0 Å². The minimum absolute atomic E-state index is 0.314. The summed E-state index contributed by atoms with van der Waals surface area (Å²) in [5, 5.41) is 16.4. The molecule has 7 heteroatoms. The molecule has 0 radical (unpaired) electrons. The Kier molecular flexibility index (Phi) is 4.30. The number of fused-ring (bicyclic) bond motifs is 1. The van der Waals surface area contributed by atoms with Crippen LogP contribution < -0.4 is 10.6 Å². The fourth-order valence-corrected chi connectivity index (χ4v) is 3.27. The van der Waals surface area contributed by atoms with E-state index in [4.69, 9.17) is 5.26 Å². The molecule has 0 atom stereocenters. The summed E-state index contributed by atoms with van der Waals surface area (Å²) in [5.74, 6) is 7.02. The second-order valence-corrected chi connectivity index (χ2v) is 6.87. The van der Waals surface area contributed by atoms with Crippen molar-refractivity contribution in [1.29, 1.82) is 5.26 Å². The van der Waals surface area contributed by atoms with E-state index < -0.39 is 0 Å². The van der Waals surface area contributed by atoms with E-state index in [-0.39, 0.29) is 6.03 Å². The number of amides is 2. The maximum Gasteiger partial charge on any atom is 0.319 e. The highest BCUT2D eigenvalue weighted by Crippen LogP contribution is 2.28. The molecule has 0 bridgehead atoms. The highest BCUT2D eigenvalue weighted by atomic mass is 32.1. The maximum atomic E-state index is 12.1. The summed E-state index contributed by atoms with van der Waals surface area (Å²) >= 11 is 1.54. The van der Waals surface area contributed by atoms with Gasteiger partial charge in [0.2, 0.25) is 0 Å². The van der Waals surface area contributed by atoms with E-state index in [2.05, 4.69) is 27.5 Å². The first-order valence-corrected chi connectivity index (χ1v) is 9.11. The van der Waals surface area contributed by atoms with Crippen LogP contribution in [0.5, 0.6) is 0 Å². The number of nitrogens with one attached hydrogen (secondary N) is 2. The first kappa shape index (κ1) is 16.2. The first-order chi connectivity index (χ1) is 12.7. The van der Waals surface area contributed by atoms with Crippen LogP contribution in [0.4, 0.5) is 10.5 Å². The number of hydrogen-bond donors (Lipinski definition) is 2. The number of imidazole rings is 1. The van der Waals surface area contributed by atoms with Gasteiger partial charge in [-0.15, -0.1) is 11.3 Å². The smallest absolute Gasteiger partial charge is 0.319 e. The number of carbonyl (C=O) groups excluding carboxylic acids is 1. The molecule has 26 heavy (non-hydrogen) atoms. The normalized spacial score (nSPS) is 12.9. The lowest BCUT2D eigenvalue weighted by Gasteiger charge is -2.07. The Bertz CT molecular complexity index is 1060. The Balaban J connectivity index is 1.42. The molecule has 2 aromatic heterocycles. The molecule has 6 nitrogen and oxygen atoms in total. The molecule has 0 aliphatic heterocycles. The molecule has 1 saturated carbocycles. The highest BCUT2D eigenvalue weighted by molar-refractivity contribution is 7.15. The van der Waals surface area contributed by atoms with Crippen LogP contribution in [0.1, 0.15) is 29.8 Å². The van der Waals surface area contributed by atoms with Crippen LogP contribution in [0.3, 0.4) is 0 Å². The van der Waals surface area contributed by atoms with Gasteiger partial charge in [-0.1, -0.05) is 5.92 Å². The SMILES string of the molecule is N#Cc1ccc(NC(=O)NCc2cnc3scc(C#CC4CC4)n23)cc1. The number of nitrogens with zero attached hydrogens (tertiary/aromatic N) is 3. The van der Waals surface area contributed by atoms with E-state index in [0.29, 0.717) is 23.7 Å². The van der Waals surface area contributed by atoms with Crippen molar-refractivity contribution in [2.75, 3.05) is 5.32 Å². The van der Waals surface area contributed by atoms with Crippen LogP contribution >= 0.6 is 11.3 Å². The van der Waals surface area contributed by atoms with Gasteiger partial charge in [0.25, 0.3) is 0 Å². The standard InChI is InChI=1S/C19H15N5OS/c20-9-14-3-6-15(7-4-14)23-18(25)21-10-17-11-22-19-24(17)16(12-26-19)8-5-13-1-2-13/h3-4,6-7,11-13H,1-2,10H2,(H2,21,23,25). The van der Waals surface area contributed by atoms with Gasteiger partial charge in [-0.3, -0.25) is 4.40 Å². The monoisotopic (exact) mass is 361 g/mol. The molecule has 2 amide bonds. The zero-order valence-corrected chi connectivity index (χ0v) is 14.6. The average molecular weight is 361 g/mol. The minimum Gasteiger partial charge on any atom is -0.332 e. The topological polar surface area (TPSA) is 82.2 Å². The Hall–Kier alpha value is -3.29. The van der Waals surface area contributed by atoms with E-state index in [1.54, 1.807) is 41.8 Å². The third-order valence-corrected chi connectivity index (χ3v) is 4.84. The van der Waals surface area contributed by atoms with Crippen molar-refractivity contribution in [3.63, 3.8) is 0 Å². The average Bonchev–Trinajstić information content (AvgIpc) is 3.26. The fraction of sp³-hybridized carbons (Fsp3) is 0.211. The van der Waals surface area contributed by atoms with Crippen molar-refractivity contribution in [3.05, 3.63) is 52.8 Å². The first-order valence-electron chi connectivity index (χ1n) is 8.23. The number of nitriles is 1. The number of carbonyl (C=O) groups is 1. The summed E-state index contributed by atoms with van der Waals surface area (Å²) in [4.78, 5) is 17.3. The predicted molar refractivity (Wildman–Crippen MR) is 99.7 cm³/mol. The van der Waals surface area contributed by atoms with Gasteiger partial charge in [0.15, 0.2) is 4.96 Å². The maximum absolute atomic E-state index is 12.1. The van der Waals surface area contributed by atoms with Crippen molar-refractivity contribution >= 4 is 28.0 Å². The Morgan fingerprint density at radius 3 is 2.88 bits per heavy atom. The van der Waals surface area contributed by atoms with Crippen molar-refractivity contribution in [2.45, 2.75) is 19.4 Å². The number of rotatable bonds is 3. The van der Waals surface area contributed by atoms with Gasteiger partial charge in [-0.05, 0) is 43.0 Å². The Morgan fingerprint density at radius 2 is 2.15 bits per heavy atom. The number of anilines is 1. The van der Waals surface area contributed by atoms with Gasteiger partial charge in [-0.25, -0.2) is 9.78 Å². The molecule has 1 aliphatic carbocycles. The quantitative estimate of drug-likeness (QED) is 0.702. The van der Waals surface area contributed by atoms with E-state index in [0.717, 1.165) is 16.3 Å². The van der Waals surface area contributed by atoms with Crippen LogP contribution in [0.2, 0.25) is 0 Å². The second kappa shape index (κ2) is 6.91. The van der Waals surface area contributed by atoms with Crippen LogP contribution in [0.15, 0.2) is 35.8 Å². The van der Waals surface area contributed by atoms with Gasteiger partial charge >= 0.3 is 6.03 Å². The van der Waals surface area contributed by atoms with Crippen LogP contribution in [-0.4, -0.2) is 15.4 Å². The second-order valence-electron chi connectivity index (χ2n) is 6.03. The van der Waals surface area contributed by atoms with Gasteiger partial charge in [0.1, 0.15) is 5.69 Å². The predicted octanol–water partition coefficient (Wildman–Crippen LogP) is 3.35. The van der Waals surface area contributed by atoms with Crippen molar-refractivity contribution in [3.8, 4) is 17.9 Å². The lowest BCUT2D eigenvalue weighted by atomic mass is 10.2. The van der Waals surface area contributed by atoms with Gasteiger partial charge < -0.3 is 10.6 Å². The summed E-state index contributed by atoms with van der Waals surface area (Å²) in [6.45, 7) is 0.345. The molecule has 3 aromatic rings. The van der Waals surface area contributed by atoms with E-state index >= 15 is 0 Å². The molecule has 2 N–H and O–H groups in total. The summed E-state index contributed by atoms with van der Waals surface area (Å²) in [7, 11) is 0. The van der Waals surface area contributed by atoms with Crippen LogP contribution in [0, 0.1) is 29.1 Å². The highest BCUT2D eigenvalue weighted by Gasteiger charge is 2.18. The van der Waals surface area contributed by atoms with E-state index in [1.807, 2.05) is 15.8 Å². The minimum atomic E-state index is -0.314. The summed E-state index contributed by atoms with van der Waals surface area (Å²) in [6.07, 6.45) is 4.14. The number of aromatic nitrogens is 2. The molecule has 0 unspecified atom stereocenters. The Labute approximate surface area is 154 Å². The molecule has 128 valence electrons. The van der Waals surface area contributed by atoms with E-state index in [9.17, 15) is 4.79 Å². The van der Waals surface area contributed by atoms with E-state index in [1.165, 1.54) is 12.8 Å². The summed E-state index contributed by atoms with van der Waals surface area (Å²) in [5.41, 5.74) is 2.98. The molecular weight excluding hydrogens is 346 g/mol. The lowest BCUT2D eigenvalue weighted by Crippen LogP contribution is -2.28. The van der Waals surface area contributed by atoms with Crippen LogP contribution in [-0.2, 0) is 6.54 Å². The number of urea groups is 1. The molecule has 0 spiro atoms. The molecule has 1 aliphatic rings. The van der Waals surface area contributed by atoms with Gasteiger partial charge in [0.05, 0.1) is 30.1 Å². The number of thiazole rings is 1. The van der Waals surface area contributed by atoms with Gasteiger partial charge in [-0.2, -0.15) is 5.26 Å². The Morgan fingerprint density at radius 1 is 1.35 bits per heavy atom. The number of hydrogen-bond acceptors (Lipinski definition) is 4. The molecule has 0 saturated heterocycles. The fourth-order valence-electron chi connectivity index (χ4n) is 2.46. The molecule has 1 fully saturated rings. The largest absolute Gasteiger partial charge is 0.332 e. The lowest BCUT2D eigenvalue weighted by molar-refractivity contribution is 0.251. The molecular formula is C19H15N5OS.